The van der Waals surface area contributed by atoms with Crippen LogP contribution in [0.3, 0.4) is 0 Å². The maximum atomic E-state index is 13.6. The number of piperazine rings is 1. The van der Waals surface area contributed by atoms with Gasteiger partial charge in [-0.1, -0.05) is 36.4 Å². The number of unbranched alkanes of at least 4 members (excludes halogenated alkanes) is 1. The van der Waals surface area contributed by atoms with E-state index >= 15 is 0 Å². The molecule has 2 fully saturated rings. The molecule has 7 rings (SSSR count). The van der Waals surface area contributed by atoms with E-state index < -0.39 is 0 Å². The Morgan fingerprint density at radius 3 is 2.64 bits per heavy atom. The molecule has 1 atom stereocenters. The number of hydrogen-bond acceptors (Lipinski definition) is 6. The van der Waals surface area contributed by atoms with Crippen LogP contribution in [0.25, 0.3) is 16.9 Å². The van der Waals surface area contributed by atoms with Gasteiger partial charge < -0.3 is 14.5 Å². The van der Waals surface area contributed by atoms with Crippen molar-refractivity contribution < 1.29 is 14.3 Å². The van der Waals surface area contributed by atoms with E-state index in [0.717, 1.165) is 80.1 Å². The quantitative estimate of drug-likeness (QED) is 0.262. The number of hydrogen-bond donors (Lipinski definition) is 0. The first kappa shape index (κ1) is 28.3. The molecule has 2 saturated heterocycles. The van der Waals surface area contributed by atoms with Gasteiger partial charge in [0, 0.05) is 56.8 Å². The molecule has 0 unspecified atom stereocenters. The van der Waals surface area contributed by atoms with Crippen LogP contribution >= 0.6 is 0 Å². The fourth-order valence-electron chi connectivity index (χ4n) is 6.56. The van der Waals surface area contributed by atoms with Crippen molar-refractivity contribution in [1.29, 1.82) is 0 Å². The van der Waals surface area contributed by atoms with Gasteiger partial charge in [0.1, 0.15) is 11.6 Å². The number of carbonyl (C=O) groups is 2. The monoisotopic (exact) mass is 590 g/mol. The molecule has 0 spiro atoms. The molecule has 2 aromatic carbocycles. The molecular formula is C35H38N6O3. The van der Waals surface area contributed by atoms with E-state index in [2.05, 4.69) is 9.89 Å². The van der Waals surface area contributed by atoms with E-state index in [1.54, 1.807) is 0 Å². The van der Waals surface area contributed by atoms with Gasteiger partial charge in [-0.05, 0) is 62.9 Å². The van der Waals surface area contributed by atoms with Gasteiger partial charge in [0.2, 0.25) is 0 Å². The number of aromatic nitrogens is 2. The Balaban J connectivity index is 0.900. The molecule has 2 amide bonds. The third-order valence-corrected chi connectivity index (χ3v) is 9.04. The number of amides is 2. The summed E-state index contributed by atoms with van der Waals surface area (Å²) in [5.74, 6) is 1.65. The Labute approximate surface area is 257 Å². The number of ether oxygens (including phenoxy) is 1. The Kier molecular flexibility index (Phi) is 7.87. The topological polar surface area (TPSA) is 82.8 Å². The van der Waals surface area contributed by atoms with E-state index in [1.165, 1.54) is 0 Å². The highest BCUT2D eigenvalue weighted by molar-refractivity contribution is 6.03. The summed E-state index contributed by atoms with van der Waals surface area (Å²) in [5.41, 5.74) is 4.68. The molecule has 2 aromatic heterocycles. The molecule has 9 heteroatoms. The van der Waals surface area contributed by atoms with E-state index in [9.17, 15) is 9.59 Å². The van der Waals surface area contributed by atoms with Crippen LogP contribution in [0.5, 0.6) is 5.75 Å². The molecule has 3 aliphatic rings. The molecule has 44 heavy (non-hydrogen) atoms. The Morgan fingerprint density at radius 1 is 0.977 bits per heavy atom. The molecule has 0 bridgehead atoms. The van der Waals surface area contributed by atoms with Gasteiger partial charge in [-0.3, -0.25) is 23.9 Å². The van der Waals surface area contributed by atoms with Crippen LogP contribution in [0.15, 0.2) is 71.9 Å². The minimum Gasteiger partial charge on any atom is -0.493 e. The third kappa shape index (κ3) is 5.48. The van der Waals surface area contributed by atoms with Crippen LogP contribution in [0.1, 0.15) is 52.1 Å². The van der Waals surface area contributed by atoms with Crippen LogP contribution in [0.2, 0.25) is 0 Å². The fourth-order valence-corrected chi connectivity index (χ4v) is 6.56. The molecule has 5 heterocycles. The van der Waals surface area contributed by atoms with E-state index in [4.69, 9.17) is 9.72 Å². The highest BCUT2D eigenvalue weighted by Crippen LogP contribution is 2.34. The van der Waals surface area contributed by atoms with Crippen molar-refractivity contribution in [3.63, 3.8) is 0 Å². The zero-order valence-corrected chi connectivity index (χ0v) is 25.2. The number of rotatable bonds is 8. The minimum atomic E-state index is -0.00789. The van der Waals surface area contributed by atoms with E-state index in [-0.39, 0.29) is 17.9 Å². The molecular weight excluding hydrogens is 552 g/mol. The lowest BCUT2D eigenvalue weighted by molar-refractivity contribution is 0.0630. The lowest BCUT2D eigenvalue weighted by Gasteiger charge is -2.34. The van der Waals surface area contributed by atoms with Crippen LogP contribution in [-0.4, -0.2) is 94.0 Å². The number of carbonyl (C=O) groups excluding carboxylic acids is 2. The molecule has 0 aliphatic carbocycles. The van der Waals surface area contributed by atoms with Crippen molar-refractivity contribution in [2.75, 3.05) is 45.9 Å². The Hall–Kier alpha value is -4.50. The highest BCUT2D eigenvalue weighted by Gasteiger charge is 2.32. The predicted molar refractivity (Wildman–Crippen MR) is 171 cm³/mol. The van der Waals surface area contributed by atoms with Gasteiger partial charge in [0.25, 0.3) is 11.8 Å². The zero-order valence-electron chi connectivity index (χ0n) is 25.2. The molecule has 0 N–H and O–H groups in total. The van der Waals surface area contributed by atoms with Crippen molar-refractivity contribution >= 4 is 29.2 Å². The summed E-state index contributed by atoms with van der Waals surface area (Å²) in [4.78, 5) is 42.4. The first-order valence-corrected chi connectivity index (χ1v) is 15.7. The number of fused-ring (bicyclic) bond motifs is 3. The van der Waals surface area contributed by atoms with Gasteiger partial charge in [-0.25, -0.2) is 4.98 Å². The van der Waals surface area contributed by atoms with E-state index in [1.807, 2.05) is 94.2 Å². The normalized spacial score (nSPS) is 18.4. The zero-order chi connectivity index (χ0) is 30.0. The summed E-state index contributed by atoms with van der Waals surface area (Å²) >= 11 is 0. The molecule has 0 saturated carbocycles. The van der Waals surface area contributed by atoms with Crippen LogP contribution in [-0.2, 0) is 0 Å². The first-order chi connectivity index (χ1) is 21.6. The van der Waals surface area contributed by atoms with Crippen molar-refractivity contribution in [2.45, 2.75) is 38.6 Å². The fraction of sp³-hybridized carbons (Fsp3) is 0.371. The largest absolute Gasteiger partial charge is 0.493 e. The summed E-state index contributed by atoms with van der Waals surface area (Å²) in [7, 11) is 0. The predicted octanol–water partition coefficient (Wildman–Crippen LogP) is 5.25. The van der Waals surface area contributed by atoms with Gasteiger partial charge in [-0.15, -0.1) is 0 Å². The second-order valence-corrected chi connectivity index (χ2v) is 11.9. The van der Waals surface area contributed by atoms with Crippen molar-refractivity contribution in [1.82, 2.24) is 24.1 Å². The Morgan fingerprint density at radius 2 is 1.80 bits per heavy atom. The van der Waals surface area contributed by atoms with Crippen LogP contribution in [0, 0.1) is 6.92 Å². The summed E-state index contributed by atoms with van der Waals surface area (Å²) in [6.45, 7) is 7.44. The second-order valence-electron chi connectivity index (χ2n) is 11.9. The third-order valence-electron chi connectivity index (χ3n) is 9.04. The van der Waals surface area contributed by atoms with E-state index in [0.29, 0.717) is 36.6 Å². The molecule has 226 valence electrons. The van der Waals surface area contributed by atoms with Crippen molar-refractivity contribution in [3.05, 3.63) is 83.7 Å². The van der Waals surface area contributed by atoms with Crippen molar-refractivity contribution in [3.8, 4) is 17.1 Å². The van der Waals surface area contributed by atoms with Gasteiger partial charge in [-0.2, -0.15) is 0 Å². The summed E-state index contributed by atoms with van der Waals surface area (Å²) in [6.07, 6.45) is 7.84. The number of aliphatic imine (C=N–C) groups is 1. The van der Waals surface area contributed by atoms with Crippen molar-refractivity contribution in [2.24, 2.45) is 4.99 Å². The summed E-state index contributed by atoms with van der Waals surface area (Å²) in [6, 6.07) is 19.8. The SMILES string of the molecule is Cc1cc2c(cc1OCCCCN1CCN(C(=O)c3nc(-c4ccccc4)n4ccccc34)CC1)N=C[C@@H]1CCCN1C2=O. The Bertz CT molecular complexity index is 1710. The lowest BCUT2D eigenvalue weighted by atomic mass is 10.1. The minimum absolute atomic E-state index is 0.00789. The molecule has 9 nitrogen and oxygen atoms in total. The van der Waals surface area contributed by atoms with Gasteiger partial charge in [0.05, 0.1) is 29.4 Å². The van der Waals surface area contributed by atoms with Gasteiger partial charge >= 0.3 is 0 Å². The molecule has 0 radical (unpaired) electrons. The first-order valence-electron chi connectivity index (χ1n) is 15.7. The standard InChI is InChI=1S/C35H38N6O3/c1-25-22-28-29(36-24-27-12-9-16-40(27)34(28)42)23-31(25)44-21-8-7-14-38-17-19-39(20-18-38)35(43)32-30-13-5-6-15-41(30)33(37-32)26-10-3-2-4-11-26/h2-6,10-11,13,15,22-24,27H,7-9,12,14,16-21H2,1H3/t27-/m0/s1. The number of pyridine rings is 1. The maximum absolute atomic E-state index is 13.6. The second kappa shape index (κ2) is 12.2. The maximum Gasteiger partial charge on any atom is 0.274 e. The number of aryl methyl sites for hydroxylation is 1. The average molecular weight is 591 g/mol. The average Bonchev–Trinajstić information content (AvgIpc) is 3.67. The lowest BCUT2D eigenvalue weighted by Crippen LogP contribution is -2.49. The summed E-state index contributed by atoms with van der Waals surface area (Å²) < 4.78 is 8.15. The summed E-state index contributed by atoms with van der Waals surface area (Å²) in [5, 5.41) is 0. The number of imidazole rings is 1. The van der Waals surface area contributed by atoms with Crippen LogP contribution in [0.4, 0.5) is 5.69 Å². The van der Waals surface area contributed by atoms with Gasteiger partial charge in [0.15, 0.2) is 5.69 Å². The highest BCUT2D eigenvalue weighted by atomic mass is 16.5. The van der Waals surface area contributed by atoms with Crippen LogP contribution < -0.4 is 4.74 Å². The number of benzene rings is 2. The number of nitrogens with zero attached hydrogens (tertiary/aromatic N) is 6. The molecule has 3 aliphatic heterocycles. The smallest absolute Gasteiger partial charge is 0.274 e. The molecule has 4 aromatic rings.